The zero-order chi connectivity index (χ0) is 21.0. The van der Waals surface area contributed by atoms with E-state index < -0.39 is 0 Å². The molecule has 3 aromatic rings. The molecule has 2 fully saturated rings. The van der Waals surface area contributed by atoms with Gasteiger partial charge in [0, 0.05) is 37.8 Å². The maximum atomic E-state index is 13.5. The molecule has 0 saturated carbocycles. The fourth-order valence-electron chi connectivity index (χ4n) is 5.16. The third-order valence-corrected chi connectivity index (χ3v) is 7.61. The average molecular weight is 437 g/mol. The zero-order valence-electron chi connectivity index (χ0n) is 18.2. The number of hydrogen-bond donors (Lipinski definition) is 0. The van der Waals surface area contributed by atoms with E-state index in [0.717, 1.165) is 56.2 Å². The molecule has 4 heterocycles. The highest BCUT2D eigenvalue weighted by Crippen LogP contribution is 2.29. The van der Waals surface area contributed by atoms with Crippen LogP contribution in [0.3, 0.4) is 0 Å². The van der Waals surface area contributed by atoms with Crippen LogP contribution >= 0.6 is 11.3 Å². The Morgan fingerprint density at radius 1 is 1.00 bits per heavy atom. The van der Waals surface area contributed by atoms with Crippen molar-refractivity contribution >= 4 is 22.2 Å². The number of benzene rings is 1. The largest absolute Gasteiger partial charge is 0.337 e. The third-order valence-electron chi connectivity index (χ3n) is 6.86. The fraction of sp³-hybridized carbons (Fsp3) is 0.520. The predicted octanol–water partition coefficient (Wildman–Crippen LogP) is 5.18. The Morgan fingerprint density at radius 3 is 2.58 bits per heavy atom. The Balaban J connectivity index is 1.38. The van der Waals surface area contributed by atoms with Crippen LogP contribution in [0.1, 0.15) is 72.6 Å². The molecule has 5 rings (SSSR count). The Kier molecular flexibility index (Phi) is 6.37. The van der Waals surface area contributed by atoms with Gasteiger partial charge in [-0.05, 0) is 43.7 Å². The molecule has 5 nitrogen and oxygen atoms in total. The summed E-state index contributed by atoms with van der Waals surface area (Å²) in [6, 6.07) is 10.9. The van der Waals surface area contributed by atoms with Crippen molar-refractivity contribution in [1.82, 2.24) is 19.2 Å². The van der Waals surface area contributed by atoms with Gasteiger partial charge >= 0.3 is 0 Å². The van der Waals surface area contributed by atoms with Crippen molar-refractivity contribution in [1.29, 1.82) is 0 Å². The van der Waals surface area contributed by atoms with Gasteiger partial charge in [-0.2, -0.15) is 0 Å². The number of aromatic nitrogens is 2. The van der Waals surface area contributed by atoms with Crippen molar-refractivity contribution in [2.24, 2.45) is 0 Å². The molecule has 2 aromatic heterocycles. The minimum atomic E-state index is 0.129. The summed E-state index contributed by atoms with van der Waals surface area (Å²) in [6.07, 6.45) is 10.5. The first-order valence-corrected chi connectivity index (χ1v) is 12.7. The second-order valence-corrected chi connectivity index (χ2v) is 9.88. The Morgan fingerprint density at radius 2 is 1.77 bits per heavy atom. The first-order valence-electron chi connectivity index (χ1n) is 11.8. The van der Waals surface area contributed by atoms with Crippen LogP contribution in [0.5, 0.6) is 0 Å². The molecular weight excluding hydrogens is 404 g/mol. The molecule has 1 unspecified atom stereocenters. The van der Waals surface area contributed by atoms with Gasteiger partial charge in [0.2, 0.25) is 0 Å². The fourth-order valence-corrected chi connectivity index (χ4v) is 5.90. The molecule has 0 radical (unpaired) electrons. The molecule has 1 aromatic carbocycles. The number of likely N-dealkylation sites (tertiary alicyclic amines) is 2. The molecule has 164 valence electrons. The quantitative estimate of drug-likeness (QED) is 0.566. The van der Waals surface area contributed by atoms with E-state index in [9.17, 15) is 4.79 Å². The van der Waals surface area contributed by atoms with E-state index in [-0.39, 0.29) is 5.91 Å². The lowest BCUT2D eigenvalue weighted by molar-refractivity contribution is 0.0734. The standard InChI is InChI=1S/C25H32N4OS/c30-24(28-14-7-2-1-3-8-15-28)23-22(29-16-17-31-25(29)26-23)19-27-13-9-12-21(18-27)20-10-5-4-6-11-20/h4-6,10-11,16-17,21H,1-3,7-9,12-15,18-19H2. The van der Waals surface area contributed by atoms with Crippen molar-refractivity contribution in [3.05, 3.63) is 58.9 Å². The van der Waals surface area contributed by atoms with Crippen LogP contribution in [-0.4, -0.2) is 51.3 Å². The van der Waals surface area contributed by atoms with E-state index >= 15 is 0 Å². The van der Waals surface area contributed by atoms with Crippen molar-refractivity contribution in [2.75, 3.05) is 26.2 Å². The lowest BCUT2D eigenvalue weighted by Gasteiger charge is -2.33. The lowest BCUT2D eigenvalue weighted by Crippen LogP contribution is -2.37. The monoisotopic (exact) mass is 436 g/mol. The van der Waals surface area contributed by atoms with E-state index in [1.54, 1.807) is 11.3 Å². The molecule has 0 aliphatic carbocycles. The number of rotatable bonds is 4. The minimum Gasteiger partial charge on any atom is -0.337 e. The number of nitrogens with zero attached hydrogens (tertiary/aromatic N) is 4. The Labute approximate surface area is 188 Å². The van der Waals surface area contributed by atoms with Crippen LogP contribution in [0, 0.1) is 0 Å². The summed E-state index contributed by atoms with van der Waals surface area (Å²) in [7, 11) is 0. The number of carbonyl (C=O) groups excluding carboxylic acids is 1. The number of carbonyl (C=O) groups is 1. The SMILES string of the molecule is O=C(c1nc2sccn2c1CN1CCCC(c2ccccc2)C1)N1CCCCCCC1. The topological polar surface area (TPSA) is 40.9 Å². The molecule has 2 aliphatic heterocycles. The van der Waals surface area contributed by atoms with Crippen LogP contribution in [0.2, 0.25) is 0 Å². The molecule has 0 bridgehead atoms. The highest BCUT2D eigenvalue weighted by Gasteiger charge is 2.28. The molecule has 2 aliphatic rings. The van der Waals surface area contributed by atoms with Crippen LogP contribution < -0.4 is 0 Å². The molecule has 1 amide bonds. The summed E-state index contributed by atoms with van der Waals surface area (Å²) in [6.45, 7) is 4.64. The van der Waals surface area contributed by atoms with Crippen LogP contribution in [0.25, 0.3) is 4.96 Å². The maximum Gasteiger partial charge on any atom is 0.274 e. The van der Waals surface area contributed by atoms with Gasteiger partial charge in [0.25, 0.3) is 5.91 Å². The number of amides is 1. The van der Waals surface area contributed by atoms with Crippen molar-refractivity contribution in [2.45, 2.75) is 57.4 Å². The molecular formula is C25H32N4OS. The van der Waals surface area contributed by atoms with Gasteiger partial charge in [-0.3, -0.25) is 14.1 Å². The summed E-state index contributed by atoms with van der Waals surface area (Å²) in [4.78, 5) is 23.8. The normalized spacial score (nSPS) is 21.2. The third kappa shape index (κ3) is 4.55. The van der Waals surface area contributed by atoms with Crippen LogP contribution in [0.4, 0.5) is 0 Å². The minimum absolute atomic E-state index is 0.129. The number of piperidine rings is 1. The van der Waals surface area contributed by atoms with E-state index in [0.29, 0.717) is 11.6 Å². The Bertz CT molecular complexity index is 1000. The zero-order valence-corrected chi connectivity index (χ0v) is 19.0. The maximum absolute atomic E-state index is 13.5. The second-order valence-electron chi connectivity index (χ2n) is 9.01. The van der Waals surface area contributed by atoms with Crippen molar-refractivity contribution < 1.29 is 4.79 Å². The van der Waals surface area contributed by atoms with E-state index in [1.807, 2.05) is 0 Å². The number of thiazole rings is 1. The molecule has 0 N–H and O–H groups in total. The van der Waals surface area contributed by atoms with Gasteiger partial charge in [-0.25, -0.2) is 4.98 Å². The lowest BCUT2D eigenvalue weighted by atomic mass is 9.90. The second kappa shape index (κ2) is 9.53. The molecule has 6 heteroatoms. The highest BCUT2D eigenvalue weighted by atomic mass is 32.1. The first kappa shape index (κ1) is 20.7. The summed E-state index contributed by atoms with van der Waals surface area (Å²) < 4.78 is 2.15. The number of fused-ring (bicyclic) bond motifs is 1. The predicted molar refractivity (Wildman–Crippen MR) is 126 cm³/mol. The van der Waals surface area contributed by atoms with Crippen molar-refractivity contribution in [3.63, 3.8) is 0 Å². The van der Waals surface area contributed by atoms with Gasteiger partial charge in [0.15, 0.2) is 10.7 Å². The van der Waals surface area contributed by atoms with Gasteiger partial charge in [0.1, 0.15) is 0 Å². The van der Waals surface area contributed by atoms with Gasteiger partial charge in [-0.15, -0.1) is 11.3 Å². The molecule has 31 heavy (non-hydrogen) atoms. The number of imidazole rings is 1. The Hall–Kier alpha value is -2.18. The molecule has 2 saturated heterocycles. The smallest absolute Gasteiger partial charge is 0.274 e. The first-order chi connectivity index (χ1) is 15.3. The molecule has 1 atom stereocenters. The van der Waals surface area contributed by atoms with Crippen LogP contribution in [-0.2, 0) is 6.54 Å². The summed E-state index contributed by atoms with van der Waals surface area (Å²) in [5, 5.41) is 2.07. The van der Waals surface area contributed by atoms with E-state index in [1.165, 1.54) is 37.7 Å². The van der Waals surface area contributed by atoms with Gasteiger partial charge in [0.05, 0.1) is 5.69 Å². The van der Waals surface area contributed by atoms with Crippen LogP contribution in [0.15, 0.2) is 41.9 Å². The average Bonchev–Trinajstić information content (AvgIpc) is 3.37. The highest BCUT2D eigenvalue weighted by molar-refractivity contribution is 7.15. The summed E-state index contributed by atoms with van der Waals surface area (Å²) >= 11 is 1.62. The summed E-state index contributed by atoms with van der Waals surface area (Å²) in [5.74, 6) is 0.693. The van der Waals surface area contributed by atoms with Crippen molar-refractivity contribution in [3.8, 4) is 0 Å². The van der Waals surface area contributed by atoms with E-state index in [2.05, 4.69) is 56.1 Å². The van der Waals surface area contributed by atoms with Gasteiger partial charge < -0.3 is 4.90 Å². The molecule has 0 spiro atoms. The van der Waals surface area contributed by atoms with Gasteiger partial charge in [-0.1, -0.05) is 49.6 Å². The number of hydrogen-bond acceptors (Lipinski definition) is 4. The summed E-state index contributed by atoms with van der Waals surface area (Å²) in [5.41, 5.74) is 3.17. The van der Waals surface area contributed by atoms with E-state index in [4.69, 9.17) is 4.98 Å².